The first-order valence-corrected chi connectivity index (χ1v) is 8.64. The van der Waals surface area contributed by atoms with Crippen molar-refractivity contribution >= 4 is 29.3 Å². The van der Waals surface area contributed by atoms with Gasteiger partial charge in [0.1, 0.15) is 5.82 Å². The van der Waals surface area contributed by atoms with Gasteiger partial charge < -0.3 is 15.2 Å². The van der Waals surface area contributed by atoms with Crippen LogP contribution in [0, 0.1) is 5.82 Å². The van der Waals surface area contributed by atoms with Gasteiger partial charge in [0.15, 0.2) is 5.16 Å². The predicted molar refractivity (Wildman–Crippen MR) is 87.2 cm³/mol. The molecule has 0 radical (unpaired) electrons. The van der Waals surface area contributed by atoms with Gasteiger partial charge in [-0.25, -0.2) is 9.37 Å². The lowest BCUT2D eigenvalue weighted by atomic mass is 9.89. The molecule has 2 aliphatic heterocycles. The Labute approximate surface area is 141 Å². The van der Waals surface area contributed by atoms with Crippen LogP contribution in [0.3, 0.4) is 0 Å². The minimum atomic E-state index is -0.687. The number of amides is 2. The van der Waals surface area contributed by atoms with Crippen LogP contribution in [0.4, 0.5) is 10.1 Å². The fourth-order valence-electron chi connectivity index (χ4n) is 3.01. The van der Waals surface area contributed by atoms with E-state index in [1.165, 1.54) is 18.2 Å². The van der Waals surface area contributed by atoms with Crippen LogP contribution >= 0.6 is 11.8 Å². The topological polar surface area (TPSA) is 76.0 Å². The quantitative estimate of drug-likeness (QED) is 0.890. The van der Waals surface area contributed by atoms with Gasteiger partial charge in [0.05, 0.1) is 18.2 Å². The molecule has 8 heteroatoms. The number of nitrogens with zero attached hydrogens (tertiary/aromatic N) is 2. The molecule has 0 aliphatic carbocycles. The average molecular weight is 346 g/mol. The average Bonchev–Trinajstić information content (AvgIpc) is 3.13. The maximum Gasteiger partial charge on any atom is 0.228 e. The highest BCUT2D eigenvalue weighted by Gasteiger charge is 2.31. The molecule has 0 saturated carbocycles. The summed E-state index contributed by atoms with van der Waals surface area (Å²) in [5.41, 5.74) is 1.78. The van der Waals surface area contributed by atoms with Crippen molar-refractivity contribution in [3.05, 3.63) is 41.5 Å². The third kappa shape index (κ3) is 2.77. The van der Waals surface area contributed by atoms with Gasteiger partial charge in [-0.05, 0) is 23.8 Å². The molecule has 2 amide bonds. The van der Waals surface area contributed by atoms with Gasteiger partial charge >= 0.3 is 0 Å². The van der Waals surface area contributed by atoms with Crippen molar-refractivity contribution in [2.45, 2.75) is 30.6 Å². The Morgan fingerprint density at radius 2 is 2.38 bits per heavy atom. The number of thioether (sulfide) groups is 1. The number of carbonyl (C=O) groups excluding carboxylic acids is 2. The number of hydrogen-bond acceptors (Lipinski definition) is 4. The lowest BCUT2D eigenvalue weighted by Crippen LogP contribution is -2.34. The van der Waals surface area contributed by atoms with Crippen molar-refractivity contribution in [3.63, 3.8) is 0 Å². The molecule has 2 aromatic rings. The van der Waals surface area contributed by atoms with Crippen LogP contribution in [0.2, 0.25) is 0 Å². The molecule has 0 spiro atoms. The Hall–Kier alpha value is -2.35. The number of aryl methyl sites for hydroxylation is 1. The van der Waals surface area contributed by atoms with E-state index in [0.29, 0.717) is 17.8 Å². The second-order valence-electron chi connectivity index (χ2n) is 5.81. The molecule has 2 N–H and O–H groups in total. The summed E-state index contributed by atoms with van der Waals surface area (Å²) < 4.78 is 15.6. The van der Waals surface area contributed by atoms with E-state index in [0.717, 1.165) is 23.1 Å². The molecular formula is C16H15FN4O2S. The number of halogens is 1. The number of imidazole rings is 1. The third-order valence-electron chi connectivity index (χ3n) is 4.17. The van der Waals surface area contributed by atoms with E-state index in [-0.39, 0.29) is 18.2 Å². The van der Waals surface area contributed by atoms with Crippen molar-refractivity contribution in [1.29, 1.82) is 0 Å². The normalized spacial score (nSPS) is 18.7. The number of anilines is 1. The van der Waals surface area contributed by atoms with Gasteiger partial charge in [0.2, 0.25) is 11.8 Å². The molecule has 0 fully saturated rings. The van der Waals surface area contributed by atoms with E-state index in [2.05, 4.69) is 20.2 Å². The largest absolute Gasteiger partial charge is 0.350 e. The molecule has 4 rings (SSSR count). The highest BCUT2D eigenvalue weighted by atomic mass is 32.2. The van der Waals surface area contributed by atoms with E-state index >= 15 is 0 Å². The van der Waals surface area contributed by atoms with Gasteiger partial charge in [0, 0.05) is 30.6 Å². The van der Waals surface area contributed by atoms with E-state index in [1.54, 1.807) is 11.8 Å². The zero-order chi connectivity index (χ0) is 16.7. The fraction of sp³-hybridized carbons (Fsp3) is 0.312. The molecule has 1 aromatic carbocycles. The Morgan fingerprint density at radius 1 is 1.50 bits per heavy atom. The summed E-state index contributed by atoms with van der Waals surface area (Å²) in [5, 5.41) is 6.44. The number of aromatic nitrogens is 2. The number of benzene rings is 1. The van der Waals surface area contributed by atoms with Crippen LogP contribution in [0.5, 0.6) is 0 Å². The van der Waals surface area contributed by atoms with Crippen LogP contribution in [0.15, 0.2) is 29.6 Å². The SMILES string of the molecule is O=C1C[C@@H](C(=O)NCc2cn3c(n2)SCC3)c2cc(F)ccc2N1. The summed E-state index contributed by atoms with van der Waals surface area (Å²) in [7, 11) is 0. The number of nitrogens with one attached hydrogen (secondary N) is 2. The number of hydrogen-bond donors (Lipinski definition) is 2. The van der Waals surface area contributed by atoms with Crippen molar-refractivity contribution in [2.75, 3.05) is 11.1 Å². The first-order valence-electron chi connectivity index (χ1n) is 7.66. The maximum absolute atomic E-state index is 13.5. The van der Waals surface area contributed by atoms with Crippen LogP contribution in [-0.2, 0) is 22.7 Å². The maximum atomic E-state index is 13.5. The highest BCUT2D eigenvalue weighted by Crippen LogP contribution is 2.33. The Balaban J connectivity index is 1.49. The number of carbonyl (C=O) groups is 2. The first kappa shape index (κ1) is 15.2. The predicted octanol–water partition coefficient (Wildman–Crippen LogP) is 1.87. The van der Waals surface area contributed by atoms with E-state index in [4.69, 9.17) is 0 Å². The molecule has 0 bridgehead atoms. The Kier molecular flexibility index (Phi) is 3.76. The van der Waals surface area contributed by atoms with E-state index in [9.17, 15) is 14.0 Å². The molecule has 2 aliphatic rings. The van der Waals surface area contributed by atoms with Gasteiger partial charge in [-0.3, -0.25) is 9.59 Å². The van der Waals surface area contributed by atoms with Gasteiger partial charge in [-0.2, -0.15) is 0 Å². The second kappa shape index (κ2) is 5.94. The molecule has 1 aromatic heterocycles. The Morgan fingerprint density at radius 3 is 3.21 bits per heavy atom. The lowest BCUT2D eigenvalue weighted by Gasteiger charge is -2.24. The molecule has 6 nitrogen and oxygen atoms in total. The third-order valence-corrected chi connectivity index (χ3v) is 5.14. The number of rotatable bonds is 3. The van der Waals surface area contributed by atoms with Crippen molar-refractivity contribution in [1.82, 2.24) is 14.9 Å². The van der Waals surface area contributed by atoms with Crippen LogP contribution in [0.1, 0.15) is 23.6 Å². The first-order chi connectivity index (χ1) is 11.6. The van der Waals surface area contributed by atoms with Crippen LogP contribution < -0.4 is 10.6 Å². The van der Waals surface area contributed by atoms with Crippen molar-refractivity contribution in [2.24, 2.45) is 0 Å². The summed E-state index contributed by atoms with van der Waals surface area (Å²) in [6.07, 6.45) is 1.94. The summed E-state index contributed by atoms with van der Waals surface area (Å²) in [6, 6.07) is 4.06. The second-order valence-corrected chi connectivity index (χ2v) is 6.87. The minimum absolute atomic E-state index is 0.0117. The van der Waals surface area contributed by atoms with Crippen LogP contribution in [-0.4, -0.2) is 27.1 Å². The lowest BCUT2D eigenvalue weighted by molar-refractivity contribution is -0.126. The van der Waals surface area contributed by atoms with Crippen LogP contribution in [0.25, 0.3) is 0 Å². The molecule has 0 unspecified atom stereocenters. The zero-order valence-electron chi connectivity index (χ0n) is 12.7. The van der Waals surface area contributed by atoms with Gasteiger partial charge in [0.25, 0.3) is 0 Å². The molecule has 0 saturated heterocycles. The fourth-order valence-corrected chi connectivity index (χ4v) is 3.98. The highest BCUT2D eigenvalue weighted by molar-refractivity contribution is 7.99. The monoisotopic (exact) mass is 346 g/mol. The van der Waals surface area contributed by atoms with E-state index < -0.39 is 11.7 Å². The smallest absolute Gasteiger partial charge is 0.228 e. The summed E-state index contributed by atoms with van der Waals surface area (Å²) in [5.74, 6) is -0.628. The zero-order valence-corrected chi connectivity index (χ0v) is 13.5. The summed E-state index contributed by atoms with van der Waals surface area (Å²) in [4.78, 5) is 28.8. The standard InChI is InChI=1S/C16H15FN4O2S/c17-9-1-2-13-11(5-9)12(6-14(22)20-13)15(23)18-7-10-8-21-3-4-24-16(21)19-10/h1-2,5,8,12H,3-4,6-7H2,(H,18,23)(H,20,22)/t12-/m1/s1. The summed E-state index contributed by atoms with van der Waals surface area (Å²) in [6.45, 7) is 1.22. The number of fused-ring (bicyclic) bond motifs is 2. The Bertz CT molecular complexity index is 814. The molecule has 1 atom stereocenters. The van der Waals surface area contributed by atoms with E-state index in [1.807, 2.05) is 6.20 Å². The van der Waals surface area contributed by atoms with Gasteiger partial charge in [-0.1, -0.05) is 11.8 Å². The molecule has 24 heavy (non-hydrogen) atoms. The van der Waals surface area contributed by atoms with Crippen molar-refractivity contribution in [3.8, 4) is 0 Å². The minimum Gasteiger partial charge on any atom is -0.350 e. The molecular weight excluding hydrogens is 331 g/mol. The van der Waals surface area contributed by atoms with Gasteiger partial charge in [-0.15, -0.1) is 0 Å². The molecule has 124 valence electrons. The molecule has 3 heterocycles. The summed E-state index contributed by atoms with van der Waals surface area (Å²) >= 11 is 1.69. The van der Waals surface area contributed by atoms with Crippen molar-refractivity contribution < 1.29 is 14.0 Å².